The van der Waals surface area contributed by atoms with E-state index >= 15 is 0 Å². The van der Waals surface area contributed by atoms with Gasteiger partial charge in [-0.1, -0.05) is 17.3 Å². The first-order valence-corrected chi connectivity index (χ1v) is 9.39. The van der Waals surface area contributed by atoms with E-state index in [1.807, 2.05) is 11.8 Å². The third-order valence-electron chi connectivity index (χ3n) is 4.92. The maximum atomic E-state index is 13.1. The Bertz CT molecular complexity index is 1060. The Morgan fingerprint density at radius 1 is 1.13 bits per heavy atom. The number of alkyl halides is 3. The fourth-order valence-corrected chi connectivity index (χ4v) is 3.38. The lowest BCUT2D eigenvalue weighted by Crippen LogP contribution is -2.50. The number of rotatable bonds is 3. The number of hydrogen-bond acceptors (Lipinski definition) is 6. The van der Waals surface area contributed by atoms with Gasteiger partial charge in [-0.25, -0.2) is 19.4 Å². The molecular formula is C18H19F3N8O. The number of nitrogens with zero attached hydrogens (tertiary/aromatic N) is 7. The first-order chi connectivity index (χ1) is 14.4. The summed E-state index contributed by atoms with van der Waals surface area (Å²) in [6, 6.07) is 4.35. The van der Waals surface area contributed by atoms with Crippen molar-refractivity contribution in [3.05, 3.63) is 36.2 Å². The topological polar surface area (TPSA) is 92.1 Å². The van der Waals surface area contributed by atoms with E-state index in [1.54, 1.807) is 4.68 Å². The molecule has 1 saturated heterocycles. The number of aromatic nitrogens is 5. The number of amides is 2. The zero-order chi connectivity index (χ0) is 21.3. The van der Waals surface area contributed by atoms with Crippen molar-refractivity contribution >= 4 is 28.7 Å². The van der Waals surface area contributed by atoms with Crippen LogP contribution in [0, 0.1) is 0 Å². The predicted octanol–water partition coefficient (Wildman–Crippen LogP) is 2.61. The van der Waals surface area contributed by atoms with Crippen molar-refractivity contribution in [3.63, 3.8) is 0 Å². The highest BCUT2D eigenvalue weighted by atomic mass is 19.4. The van der Waals surface area contributed by atoms with Crippen LogP contribution in [-0.4, -0.2) is 62.1 Å². The van der Waals surface area contributed by atoms with Gasteiger partial charge in [0.1, 0.15) is 6.33 Å². The maximum absolute atomic E-state index is 13.1. The van der Waals surface area contributed by atoms with Gasteiger partial charge in [0.2, 0.25) is 0 Å². The molecule has 3 heterocycles. The van der Waals surface area contributed by atoms with Gasteiger partial charge in [0, 0.05) is 32.7 Å². The highest BCUT2D eigenvalue weighted by Crippen LogP contribution is 2.34. The Morgan fingerprint density at radius 3 is 2.57 bits per heavy atom. The van der Waals surface area contributed by atoms with Crippen LogP contribution in [-0.2, 0) is 12.7 Å². The molecule has 1 fully saturated rings. The molecule has 9 nitrogen and oxygen atoms in total. The molecule has 1 aromatic carbocycles. The predicted molar refractivity (Wildman–Crippen MR) is 103 cm³/mol. The first kappa shape index (κ1) is 19.9. The van der Waals surface area contributed by atoms with Gasteiger partial charge in [-0.2, -0.15) is 13.2 Å². The van der Waals surface area contributed by atoms with Crippen molar-refractivity contribution in [1.29, 1.82) is 0 Å². The van der Waals surface area contributed by atoms with Crippen LogP contribution in [0.5, 0.6) is 0 Å². The van der Waals surface area contributed by atoms with Crippen molar-refractivity contribution in [2.24, 2.45) is 0 Å². The van der Waals surface area contributed by atoms with Crippen LogP contribution in [0.4, 0.5) is 29.5 Å². The quantitative estimate of drug-likeness (QED) is 0.700. The average Bonchev–Trinajstić information content (AvgIpc) is 3.17. The van der Waals surface area contributed by atoms with Crippen molar-refractivity contribution in [2.45, 2.75) is 19.6 Å². The molecule has 0 saturated carbocycles. The summed E-state index contributed by atoms with van der Waals surface area (Å²) < 4.78 is 41.1. The van der Waals surface area contributed by atoms with Crippen LogP contribution < -0.4 is 10.2 Å². The molecule has 0 unspecified atom stereocenters. The Labute approximate surface area is 169 Å². The molecule has 0 atom stereocenters. The lowest BCUT2D eigenvalue weighted by Gasteiger charge is -2.35. The Kier molecular flexibility index (Phi) is 5.14. The molecule has 12 heteroatoms. The van der Waals surface area contributed by atoms with Gasteiger partial charge in [0.05, 0.1) is 11.3 Å². The minimum Gasteiger partial charge on any atom is -0.351 e. The number of benzene rings is 1. The molecule has 2 amide bonds. The van der Waals surface area contributed by atoms with Gasteiger partial charge in [-0.15, -0.1) is 5.10 Å². The molecule has 0 spiro atoms. The first-order valence-electron chi connectivity index (χ1n) is 9.39. The molecule has 4 rings (SSSR count). The van der Waals surface area contributed by atoms with E-state index < -0.39 is 17.8 Å². The second-order valence-electron chi connectivity index (χ2n) is 6.72. The molecule has 3 aromatic rings. The third kappa shape index (κ3) is 3.72. The lowest BCUT2D eigenvalue weighted by molar-refractivity contribution is -0.136. The zero-order valence-electron chi connectivity index (χ0n) is 16.1. The summed E-state index contributed by atoms with van der Waals surface area (Å²) in [6.45, 7) is 4.13. The van der Waals surface area contributed by atoms with E-state index in [1.165, 1.54) is 29.4 Å². The summed E-state index contributed by atoms with van der Waals surface area (Å²) in [5.74, 6) is 0.627. The van der Waals surface area contributed by atoms with Gasteiger partial charge >= 0.3 is 12.2 Å². The van der Waals surface area contributed by atoms with Crippen LogP contribution >= 0.6 is 0 Å². The summed E-state index contributed by atoms with van der Waals surface area (Å²) in [5, 5.41) is 10.6. The molecule has 30 heavy (non-hydrogen) atoms. The van der Waals surface area contributed by atoms with E-state index in [2.05, 4.69) is 25.6 Å². The van der Waals surface area contributed by atoms with Crippen LogP contribution in [0.15, 0.2) is 30.6 Å². The number of piperazine rings is 1. The zero-order valence-corrected chi connectivity index (χ0v) is 16.1. The number of carbonyl (C=O) groups is 1. The van der Waals surface area contributed by atoms with Gasteiger partial charge < -0.3 is 15.1 Å². The van der Waals surface area contributed by atoms with Crippen molar-refractivity contribution in [2.75, 3.05) is 36.4 Å². The summed E-state index contributed by atoms with van der Waals surface area (Å²) in [4.78, 5) is 24.5. The minimum atomic E-state index is -4.54. The molecule has 2 aromatic heterocycles. The van der Waals surface area contributed by atoms with Gasteiger partial charge in [0.15, 0.2) is 17.0 Å². The molecule has 0 bridgehead atoms. The van der Waals surface area contributed by atoms with Crippen LogP contribution in [0.2, 0.25) is 0 Å². The number of halogens is 3. The van der Waals surface area contributed by atoms with Gasteiger partial charge in [-0.05, 0) is 19.1 Å². The van der Waals surface area contributed by atoms with E-state index in [4.69, 9.17) is 0 Å². The largest absolute Gasteiger partial charge is 0.418 e. The molecule has 1 N–H and O–H groups in total. The minimum absolute atomic E-state index is 0.258. The average molecular weight is 420 g/mol. The second-order valence-corrected chi connectivity index (χ2v) is 6.72. The molecule has 158 valence electrons. The van der Waals surface area contributed by atoms with Crippen LogP contribution in [0.1, 0.15) is 12.5 Å². The Morgan fingerprint density at radius 2 is 1.87 bits per heavy atom. The summed E-state index contributed by atoms with van der Waals surface area (Å²) in [6.07, 6.45) is -3.10. The van der Waals surface area contributed by atoms with Crippen LogP contribution in [0.25, 0.3) is 11.2 Å². The number of para-hydroxylation sites is 1. The highest BCUT2D eigenvalue weighted by Gasteiger charge is 2.34. The summed E-state index contributed by atoms with van der Waals surface area (Å²) in [5.41, 5.74) is 0.0771. The number of nitrogens with one attached hydrogen (secondary N) is 1. The van der Waals surface area contributed by atoms with Crippen molar-refractivity contribution < 1.29 is 18.0 Å². The highest BCUT2D eigenvalue weighted by molar-refractivity contribution is 5.90. The molecule has 0 radical (unpaired) electrons. The monoisotopic (exact) mass is 420 g/mol. The fourth-order valence-electron chi connectivity index (χ4n) is 3.38. The van der Waals surface area contributed by atoms with Crippen molar-refractivity contribution in [3.8, 4) is 0 Å². The third-order valence-corrected chi connectivity index (χ3v) is 4.92. The smallest absolute Gasteiger partial charge is 0.351 e. The second kappa shape index (κ2) is 7.76. The van der Waals surface area contributed by atoms with Crippen LogP contribution in [0.3, 0.4) is 0 Å². The molecule has 0 aliphatic carbocycles. The van der Waals surface area contributed by atoms with E-state index in [0.29, 0.717) is 49.7 Å². The van der Waals surface area contributed by atoms with E-state index in [9.17, 15) is 18.0 Å². The molecule has 1 aliphatic rings. The maximum Gasteiger partial charge on any atom is 0.418 e. The molecule has 1 aliphatic heterocycles. The number of fused-ring (bicyclic) bond motifs is 1. The number of hydrogen-bond donors (Lipinski definition) is 1. The number of urea groups is 1. The fraction of sp³-hybridized carbons (Fsp3) is 0.389. The molecular weight excluding hydrogens is 401 g/mol. The summed E-state index contributed by atoms with van der Waals surface area (Å²) in [7, 11) is 0. The van der Waals surface area contributed by atoms with Gasteiger partial charge in [-0.3, -0.25) is 0 Å². The Hall–Kier alpha value is -3.44. The SMILES string of the molecule is CCn1nnc2c(N3CCN(C(=O)Nc4ccccc4C(F)(F)F)CC3)ncnc21. The van der Waals surface area contributed by atoms with Crippen molar-refractivity contribution in [1.82, 2.24) is 29.9 Å². The number of aryl methyl sites for hydroxylation is 1. The number of anilines is 2. The van der Waals surface area contributed by atoms with Gasteiger partial charge in [0.25, 0.3) is 0 Å². The van der Waals surface area contributed by atoms with E-state index in [-0.39, 0.29) is 5.69 Å². The summed E-state index contributed by atoms with van der Waals surface area (Å²) >= 11 is 0. The number of carbonyl (C=O) groups excluding carboxylic acids is 1. The lowest BCUT2D eigenvalue weighted by atomic mass is 10.1. The standard InChI is InChI=1S/C18H19F3N8O/c1-2-29-16-14(25-26-29)15(22-11-23-16)27-7-9-28(10-8-27)17(30)24-13-6-4-3-5-12(13)18(19,20)21/h3-6,11H,2,7-10H2,1H3,(H,24,30). The van der Waals surface area contributed by atoms with E-state index in [0.717, 1.165) is 6.07 Å². The normalized spacial score (nSPS) is 14.9. The Balaban J connectivity index is 1.44.